The summed E-state index contributed by atoms with van der Waals surface area (Å²) >= 11 is 0. The average molecular weight is 264 g/mol. The van der Waals surface area contributed by atoms with Crippen LogP contribution in [0.25, 0.3) is 0 Å². The van der Waals surface area contributed by atoms with E-state index < -0.39 is 0 Å². The molecule has 0 aliphatic carbocycles. The Kier molecular flexibility index (Phi) is 5.51. The van der Waals surface area contributed by atoms with Crippen LogP contribution in [0.1, 0.15) is 43.1 Å². The standard InChI is InChI=1S/C15H24N2O2/c1-11(18)8-15(2,3)10-17-14(19)13-6-4-12(9-16)5-7-13/h4-7,11,18H,8-10,16H2,1-3H3,(H,17,19). The summed E-state index contributed by atoms with van der Waals surface area (Å²) in [5.74, 6) is -0.0951. The summed E-state index contributed by atoms with van der Waals surface area (Å²) < 4.78 is 0. The zero-order chi connectivity index (χ0) is 14.5. The van der Waals surface area contributed by atoms with Crippen molar-refractivity contribution < 1.29 is 9.90 Å². The maximum atomic E-state index is 12.0. The number of aliphatic hydroxyl groups is 1. The van der Waals surface area contributed by atoms with Crippen LogP contribution >= 0.6 is 0 Å². The van der Waals surface area contributed by atoms with Crippen LogP contribution in [0.2, 0.25) is 0 Å². The molecule has 0 aliphatic rings. The molecule has 0 saturated carbocycles. The zero-order valence-corrected chi connectivity index (χ0v) is 11.9. The molecule has 1 aromatic rings. The van der Waals surface area contributed by atoms with Crippen molar-refractivity contribution in [1.82, 2.24) is 5.32 Å². The summed E-state index contributed by atoms with van der Waals surface area (Å²) in [6, 6.07) is 7.27. The molecule has 4 heteroatoms. The largest absolute Gasteiger partial charge is 0.393 e. The van der Waals surface area contributed by atoms with Crippen molar-refractivity contribution in [2.75, 3.05) is 6.54 Å². The van der Waals surface area contributed by atoms with Crippen LogP contribution in [-0.2, 0) is 6.54 Å². The van der Waals surface area contributed by atoms with Crippen LogP contribution in [0.3, 0.4) is 0 Å². The van der Waals surface area contributed by atoms with E-state index in [1.807, 2.05) is 26.0 Å². The van der Waals surface area contributed by atoms with E-state index in [-0.39, 0.29) is 17.4 Å². The molecule has 0 radical (unpaired) electrons. The predicted octanol–water partition coefficient (Wildman–Crippen LogP) is 1.67. The SMILES string of the molecule is CC(O)CC(C)(C)CNC(=O)c1ccc(CN)cc1. The second-order valence-electron chi connectivity index (χ2n) is 5.80. The Balaban J connectivity index is 2.55. The Bertz CT molecular complexity index is 411. The van der Waals surface area contributed by atoms with Gasteiger partial charge in [-0.05, 0) is 36.5 Å². The molecule has 0 aromatic heterocycles. The Morgan fingerprint density at radius 3 is 2.42 bits per heavy atom. The molecular formula is C15H24N2O2. The maximum Gasteiger partial charge on any atom is 0.251 e. The molecule has 0 bridgehead atoms. The van der Waals surface area contributed by atoms with Crippen LogP contribution in [0.4, 0.5) is 0 Å². The number of hydrogen-bond donors (Lipinski definition) is 3. The number of carbonyl (C=O) groups is 1. The van der Waals surface area contributed by atoms with Gasteiger partial charge in [-0.25, -0.2) is 0 Å². The summed E-state index contributed by atoms with van der Waals surface area (Å²) in [4.78, 5) is 12.0. The van der Waals surface area contributed by atoms with Gasteiger partial charge in [0.2, 0.25) is 0 Å². The van der Waals surface area contributed by atoms with Gasteiger partial charge in [-0.3, -0.25) is 4.79 Å². The number of hydrogen-bond acceptors (Lipinski definition) is 3. The number of carbonyl (C=O) groups excluding carboxylic acids is 1. The normalized spacial score (nSPS) is 13.1. The minimum Gasteiger partial charge on any atom is -0.393 e. The van der Waals surface area contributed by atoms with Crippen LogP contribution in [0, 0.1) is 5.41 Å². The third kappa shape index (κ3) is 5.41. The van der Waals surface area contributed by atoms with Crippen molar-refractivity contribution >= 4 is 5.91 Å². The molecule has 19 heavy (non-hydrogen) atoms. The summed E-state index contributed by atoms with van der Waals surface area (Å²) in [6.45, 7) is 6.82. The van der Waals surface area contributed by atoms with Gasteiger partial charge >= 0.3 is 0 Å². The molecule has 1 unspecified atom stereocenters. The third-order valence-electron chi connectivity index (χ3n) is 3.03. The number of nitrogens with one attached hydrogen (secondary N) is 1. The molecule has 4 nitrogen and oxygen atoms in total. The minimum absolute atomic E-state index is 0.0951. The van der Waals surface area contributed by atoms with Crippen LogP contribution in [-0.4, -0.2) is 23.7 Å². The van der Waals surface area contributed by atoms with Crippen molar-refractivity contribution in [1.29, 1.82) is 0 Å². The van der Waals surface area contributed by atoms with Gasteiger partial charge in [0.25, 0.3) is 5.91 Å². The number of nitrogens with two attached hydrogens (primary N) is 1. The molecule has 1 aromatic carbocycles. The maximum absolute atomic E-state index is 12.0. The fourth-order valence-electron chi connectivity index (χ4n) is 2.09. The van der Waals surface area contributed by atoms with Crippen molar-refractivity contribution in [3.63, 3.8) is 0 Å². The smallest absolute Gasteiger partial charge is 0.251 e. The van der Waals surface area contributed by atoms with E-state index in [1.54, 1.807) is 19.1 Å². The fraction of sp³-hybridized carbons (Fsp3) is 0.533. The first-order valence-electron chi connectivity index (χ1n) is 6.59. The molecule has 0 saturated heterocycles. The van der Waals surface area contributed by atoms with Crippen LogP contribution < -0.4 is 11.1 Å². The average Bonchev–Trinajstić information content (AvgIpc) is 2.34. The summed E-state index contributed by atoms with van der Waals surface area (Å²) in [7, 11) is 0. The highest BCUT2D eigenvalue weighted by atomic mass is 16.3. The van der Waals surface area contributed by atoms with Crippen molar-refractivity contribution in [2.24, 2.45) is 11.1 Å². The molecule has 106 valence electrons. The van der Waals surface area contributed by atoms with E-state index in [9.17, 15) is 9.90 Å². The van der Waals surface area contributed by atoms with Crippen LogP contribution in [0.5, 0.6) is 0 Å². The molecule has 1 amide bonds. The molecule has 0 heterocycles. The lowest BCUT2D eigenvalue weighted by Gasteiger charge is -2.26. The molecule has 0 aliphatic heterocycles. The zero-order valence-electron chi connectivity index (χ0n) is 11.9. The van der Waals surface area contributed by atoms with E-state index in [2.05, 4.69) is 5.32 Å². The second kappa shape index (κ2) is 6.68. The van der Waals surface area contributed by atoms with Gasteiger partial charge in [-0.2, -0.15) is 0 Å². The first-order valence-corrected chi connectivity index (χ1v) is 6.59. The van der Waals surface area contributed by atoms with Gasteiger partial charge in [-0.15, -0.1) is 0 Å². The monoisotopic (exact) mass is 264 g/mol. The molecule has 0 spiro atoms. The Labute approximate surface area is 115 Å². The summed E-state index contributed by atoms with van der Waals surface area (Å²) in [6.07, 6.45) is 0.287. The first-order chi connectivity index (χ1) is 8.84. The minimum atomic E-state index is -0.365. The van der Waals surface area contributed by atoms with Gasteiger partial charge in [0.15, 0.2) is 0 Å². The second-order valence-corrected chi connectivity index (χ2v) is 5.80. The van der Waals surface area contributed by atoms with Crippen LogP contribution in [0.15, 0.2) is 24.3 Å². The Morgan fingerprint density at radius 1 is 1.37 bits per heavy atom. The van der Waals surface area contributed by atoms with E-state index in [4.69, 9.17) is 5.73 Å². The first kappa shape index (κ1) is 15.7. The molecule has 4 N–H and O–H groups in total. The van der Waals surface area contributed by atoms with E-state index in [1.165, 1.54) is 0 Å². The fourth-order valence-corrected chi connectivity index (χ4v) is 2.09. The van der Waals surface area contributed by atoms with Crippen molar-refractivity contribution in [2.45, 2.75) is 39.8 Å². The molecule has 1 rings (SSSR count). The van der Waals surface area contributed by atoms with Gasteiger partial charge in [0.05, 0.1) is 6.10 Å². The molecular weight excluding hydrogens is 240 g/mol. The van der Waals surface area contributed by atoms with E-state index in [0.29, 0.717) is 25.1 Å². The number of aliphatic hydroxyl groups excluding tert-OH is 1. The third-order valence-corrected chi connectivity index (χ3v) is 3.03. The van der Waals surface area contributed by atoms with Crippen molar-refractivity contribution in [3.05, 3.63) is 35.4 Å². The topological polar surface area (TPSA) is 75.3 Å². The summed E-state index contributed by atoms with van der Waals surface area (Å²) in [5, 5.41) is 12.3. The highest BCUT2D eigenvalue weighted by Crippen LogP contribution is 2.21. The quantitative estimate of drug-likeness (QED) is 0.731. The lowest BCUT2D eigenvalue weighted by molar-refractivity contribution is 0.0902. The molecule has 0 fully saturated rings. The summed E-state index contributed by atoms with van der Waals surface area (Å²) in [5.41, 5.74) is 7.03. The highest BCUT2D eigenvalue weighted by molar-refractivity contribution is 5.94. The van der Waals surface area contributed by atoms with Gasteiger partial charge in [-0.1, -0.05) is 26.0 Å². The lowest BCUT2D eigenvalue weighted by Crippen LogP contribution is -2.35. The number of rotatable bonds is 6. The Morgan fingerprint density at radius 2 is 1.95 bits per heavy atom. The lowest BCUT2D eigenvalue weighted by atomic mass is 9.87. The predicted molar refractivity (Wildman–Crippen MR) is 76.7 cm³/mol. The van der Waals surface area contributed by atoms with Crippen molar-refractivity contribution in [3.8, 4) is 0 Å². The van der Waals surface area contributed by atoms with E-state index >= 15 is 0 Å². The number of benzene rings is 1. The highest BCUT2D eigenvalue weighted by Gasteiger charge is 2.21. The molecule has 1 atom stereocenters. The van der Waals surface area contributed by atoms with Gasteiger partial charge < -0.3 is 16.2 Å². The van der Waals surface area contributed by atoms with Gasteiger partial charge in [0, 0.05) is 18.7 Å². The van der Waals surface area contributed by atoms with Gasteiger partial charge in [0.1, 0.15) is 0 Å². The number of amides is 1. The Hall–Kier alpha value is -1.39. The van der Waals surface area contributed by atoms with E-state index in [0.717, 1.165) is 5.56 Å².